The molecule has 2 rings (SSSR count). The van der Waals surface area contributed by atoms with Gasteiger partial charge in [0.05, 0.1) is 23.5 Å². The molecule has 0 aliphatic carbocycles. The van der Waals surface area contributed by atoms with Crippen LogP contribution in [0.1, 0.15) is 36.5 Å². The van der Waals surface area contributed by atoms with Crippen LogP contribution >= 0.6 is 0 Å². The molecular formula is C17H20FNO6S. The molecule has 1 aromatic carbocycles. The molecule has 1 aliphatic heterocycles. The van der Waals surface area contributed by atoms with Crippen molar-refractivity contribution in [3.05, 3.63) is 35.6 Å². The second kappa shape index (κ2) is 7.94. The van der Waals surface area contributed by atoms with E-state index < -0.39 is 39.7 Å². The number of carbonyl (C=O) groups excluding carboxylic acids is 3. The Bertz CT molecular complexity index is 805. The molecule has 0 saturated carbocycles. The van der Waals surface area contributed by atoms with E-state index in [1.165, 1.54) is 12.1 Å². The first-order chi connectivity index (χ1) is 12.1. The highest BCUT2D eigenvalue weighted by Crippen LogP contribution is 2.22. The van der Waals surface area contributed by atoms with E-state index >= 15 is 0 Å². The molecule has 26 heavy (non-hydrogen) atoms. The molecule has 9 heteroatoms. The molecule has 1 heterocycles. The molecule has 1 atom stereocenters. The van der Waals surface area contributed by atoms with Crippen molar-refractivity contribution < 1.29 is 31.9 Å². The third-order valence-electron chi connectivity index (χ3n) is 4.03. The Morgan fingerprint density at radius 1 is 1.19 bits per heavy atom. The van der Waals surface area contributed by atoms with E-state index in [1.54, 1.807) is 6.92 Å². The van der Waals surface area contributed by atoms with Gasteiger partial charge in [-0.25, -0.2) is 12.8 Å². The van der Waals surface area contributed by atoms with Crippen LogP contribution < -0.4 is 5.32 Å². The number of rotatable bonds is 7. The zero-order chi connectivity index (χ0) is 19.4. The van der Waals surface area contributed by atoms with Crippen molar-refractivity contribution >= 4 is 27.5 Å². The largest absolute Gasteiger partial charge is 0.456 e. The summed E-state index contributed by atoms with van der Waals surface area (Å²) < 4.78 is 40.6. The maximum absolute atomic E-state index is 12.8. The zero-order valence-electron chi connectivity index (χ0n) is 14.3. The molecule has 1 amide bonds. The molecule has 1 fully saturated rings. The summed E-state index contributed by atoms with van der Waals surface area (Å²) in [5, 5.41) is 2.56. The molecule has 1 aliphatic rings. The summed E-state index contributed by atoms with van der Waals surface area (Å²) in [5.41, 5.74) is -0.576. The number of benzene rings is 1. The quantitative estimate of drug-likeness (QED) is 0.555. The van der Waals surface area contributed by atoms with Gasteiger partial charge in [0, 0.05) is 12.0 Å². The Kier molecular flexibility index (Phi) is 6.12. The molecule has 1 aromatic rings. The topological polar surface area (TPSA) is 107 Å². The lowest BCUT2D eigenvalue weighted by atomic mass is 10.0. The highest BCUT2D eigenvalue weighted by Gasteiger charge is 2.39. The number of ether oxygens (including phenoxy) is 1. The van der Waals surface area contributed by atoms with Crippen molar-refractivity contribution in [3.8, 4) is 0 Å². The Morgan fingerprint density at radius 3 is 2.42 bits per heavy atom. The number of Topliss-reactive ketones (excluding diaryl/α,β-unsaturated/α-hetero) is 1. The average molecular weight is 385 g/mol. The summed E-state index contributed by atoms with van der Waals surface area (Å²) >= 11 is 0. The van der Waals surface area contributed by atoms with Crippen LogP contribution in [0.3, 0.4) is 0 Å². The molecular weight excluding hydrogens is 365 g/mol. The van der Waals surface area contributed by atoms with Gasteiger partial charge in [-0.05, 0) is 37.6 Å². The number of nitrogens with one attached hydrogen (secondary N) is 1. The molecule has 0 radical (unpaired) electrons. The minimum Gasteiger partial charge on any atom is -0.456 e. The number of ketones is 1. The number of amides is 1. The van der Waals surface area contributed by atoms with Crippen molar-refractivity contribution in [1.82, 2.24) is 5.32 Å². The molecule has 0 spiro atoms. The van der Waals surface area contributed by atoms with Crippen LogP contribution in [0, 0.1) is 5.82 Å². The predicted molar refractivity (Wildman–Crippen MR) is 90.7 cm³/mol. The molecule has 0 aromatic heterocycles. The minimum absolute atomic E-state index is 0.00899. The van der Waals surface area contributed by atoms with Gasteiger partial charge >= 0.3 is 5.97 Å². The summed E-state index contributed by atoms with van der Waals surface area (Å²) in [4.78, 5) is 35.3. The number of carbonyl (C=O) groups is 3. The van der Waals surface area contributed by atoms with Gasteiger partial charge in [-0.15, -0.1) is 0 Å². The summed E-state index contributed by atoms with van der Waals surface area (Å²) in [6.07, 6.45) is -0.0294. The fraction of sp³-hybridized carbons (Fsp3) is 0.471. The normalized spacial score (nSPS) is 21.2. The number of sulfone groups is 1. The van der Waals surface area contributed by atoms with Crippen LogP contribution in [0.15, 0.2) is 24.3 Å². The Labute approximate surface area is 150 Å². The molecule has 142 valence electrons. The molecule has 1 saturated heterocycles. The highest BCUT2D eigenvalue weighted by atomic mass is 32.2. The van der Waals surface area contributed by atoms with Crippen LogP contribution in [0.25, 0.3) is 0 Å². The lowest BCUT2D eigenvalue weighted by Crippen LogP contribution is -2.48. The smallest absolute Gasteiger partial charge is 0.306 e. The first-order valence-corrected chi connectivity index (χ1v) is 9.87. The van der Waals surface area contributed by atoms with Gasteiger partial charge in [0.25, 0.3) is 5.91 Å². The monoisotopic (exact) mass is 385 g/mol. The number of hydrogen-bond donors (Lipinski definition) is 1. The van der Waals surface area contributed by atoms with Crippen molar-refractivity contribution in [2.24, 2.45) is 0 Å². The lowest BCUT2D eigenvalue weighted by molar-refractivity contribution is -0.148. The zero-order valence-corrected chi connectivity index (χ0v) is 15.1. The first kappa shape index (κ1) is 20.0. The Balaban J connectivity index is 1.72. The Hall–Kier alpha value is -2.29. The van der Waals surface area contributed by atoms with Gasteiger partial charge in [-0.3, -0.25) is 14.4 Å². The fourth-order valence-corrected chi connectivity index (χ4v) is 4.79. The van der Waals surface area contributed by atoms with Crippen LogP contribution in [-0.2, 0) is 24.2 Å². The molecule has 0 unspecified atom stereocenters. The van der Waals surface area contributed by atoms with E-state index in [4.69, 9.17) is 4.74 Å². The number of hydrogen-bond acceptors (Lipinski definition) is 6. The SMILES string of the molecule is C[C@@]1(NC(=O)COC(=O)CCC(=O)c2ccc(F)cc2)CCS(=O)(=O)C1. The van der Waals surface area contributed by atoms with Crippen molar-refractivity contribution in [1.29, 1.82) is 0 Å². The Morgan fingerprint density at radius 2 is 1.85 bits per heavy atom. The maximum atomic E-state index is 12.8. The van der Waals surface area contributed by atoms with E-state index in [2.05, 4.69) is 5.32 Å². The van der Waals surface area contributed by atoms with E-state index in [1.807, 2.05) is 0 Å². The number of esters is 1. The fourth-order valence-electron chi connectivity index (χ4n) is 2.70. The third kappa shape index (κ3) is 5.91. The summed E-state index contributed by atoms with van der Waals surface area (Å²) in [5.74, 6) is -2.26. The second-order valence-electron chi connectivity index (χ2n) is 6.54. The van der Waals surface area contributed by atoms with E-state index in [-0.39, 0.29) is 35.7 Å². The first-order valence-electron chi connectivity index (χ1n) is 8.04. The molecule has 1 N–H and O–H groups in total. The van der Waals surface area contributed by atoms with Gasteiger partial charge in [0.1, 0.15) is 5.82 Å². The third-order valence-corrected chi connectivity index (χ3v) is 5.93. The molecule has 7 nitrogen and oxygen atoms in total. The van der Waals surface area contributed by atoms with Gasteiger partial charge in [-0.2, -0.15) is 0 Å². The van der Waals surface area contributed by atoms with Gasteiger partial charge in [-0.1, -0.05) is 0 Å². The van der Waals surface area contributed by atoms with Crippen molar-refractivity contribution in [2.45, 2.75) is 31.7 Å². The highest BCUT2D eigenvalue weighted by molar-refractivity contribution is 7.91. The van der Waals surface area contributed by atoms with Crippen LogP contribution in [-0.4, -0.2) is 49.7 Å². The van der Waals surface area contributed by atoms with Crippen molar-refractivity contribution in [3.63, 3.8) is 0 Å². The van der Waals surface area contributed by atoms with Crippen molar-refractivity contribution in [2.75, 3.05) is 18.1 Å². The summed E-state index contributed by atoms with van der Waals surface area (Å²) in [6.45, 7) is 1.08. The van der Waals surface area contributed by atoms with E-state index in [0.29, 0.717) is 6.42 Å². The van der Waals surface area contributed by atoms with E-state index in [0.717, 1.165) is 12.1 Å². The van der Waals surface area contributed by atoms with Crippen LogP contribution in [0.4, 0.5) is 4.39 Å². The van der Waals surface area contributed by atoms with Gasteiger partial charge in [0.15, 0.2) is 22.2 Å². The number of halogens is 1. The van der Waals surface area contributed by atoms with Crippen LogP contribution in [0.2, 0.25) is 0 Å². The predicted octanol–water partition coefficient (Wildman–Crippen LogP) is 1.03. The maximum Gasteiger partial charge on any atom is 0.306 e. The lowest BCUT2D eigenvalue weighted by Gasteiger charge is -2.23. The van der Waals surface area contributed by atoms with Crippen LogP contribution in [0.5, 0.6) is 0 Å². The average Bonchev–Trinajstić information content (AvgIpc) is 2.84. The van der Waals surface area contributed by atoms with Gasteiger partial charge in [0.2, 0.25) is 0 Å². The van der Waals surface area contributed by atoms with Gasteiger partial charge < -0.3 is 10.1 Å². The second-order valence-corrected chi connectivity index (χ2v) is 8.73. The summed E-state index contributed by atoms with van der Waals surface area (Å²) in [6, 6.07) is 4.96. The standard InChI is InChI=1S/C17H20FNO6S/c1-17(8-9-26(23,24)11-17)19-15(21)10-25-16(22)7-6-14(20)12-2-4-13(18)5-3-12/h2-5H,6-11H2,1H3,(H,19,21)/t17-/m1/s1. The molecule has 0 bridgehead atoms. The van der Waals surface area contributed by atoms with E-state index in [9.17, 15) is 27.2 Å². The minimum atomic E-state index is -3.16. The summed E-state index contributed by atoms with van der Waals surface area (Å²) in [7, 11) is -3.16.